The molecule has 3 N–H and O–H groups in total. The summed E-state index contributed by atoms with van der Waals surface area (Å²) in [6, 6.07) is 13.4. The second-order valence-electron chi connectivity index (χ2n) is 4.33. The summed E-state index contributed by atoms with van der Waals surface area (Å²) in [7, 11) is 0. The highest BCUT2D eigenvalue weighted by Gasteiger charge is 2.08. The lowest BCUT2D eigenvalue weighted by molar-refractivity contribution is 0.0697. The van der Waals surface area contributed by atoms with Crippen molar-refractivity contribution in [2.75, 3.05) is 11.9 Å². The molecule has 4 nitrogen and oxygen atoms in total. The third-order valence-electron chi connectivity index (χ3n) is 2.86. The number of carbonyl (C=O) groups is 1. The van der Waals surface area contributed by atoms with Crippen molar-refractivity contribution in [3.63, 3.8) is 0 Å². The Balaban J connectivity index is 1.99. The SMILES string of the molecule is O=C(O)c1cccc(NCC(O)c2ccc(Cl)cc2)c1. The number of hydrogen-bond donors (Lipinski definition) is 3. The molecule has 2 rings (SSSR count). The number of aromatic carboxylic acids is 1. The van der Waals surface area contributed by atoms with Crippen molar-refractivity contribution in [3.05, 3.63) is 64.7 Å². The molecule has 0 radical (unpaired) electrons. The predicted molar refractivity (Wildman–Crippen MR) is 78.3 cm³/mol. The van der Waals surface area contributed by atoms with E-state index < -0.39 is 12.1 Å². The summed E-state index contributed by atoms with van der Waals surface area (Å²) >= 11 is 5.78. The van der Waals surface area contributed by atoms with Gasteiger partial charge in [-0.1, -0.05) is 29.8 Å². The molecule has 5 heteroatoms. The van der Waals surface area contributed by atoms with Gasteiger partial charge in [0.1, 0.15) is 0 Å². The lowest BCUT2D eigenvalue weighted by Crippen LogP contribution is -2.12. The lowest BCUT2D eigenvalue weighted by Gasteiger charge is -2.13. The van der Waals surface area contributed by atoms with Crippen LogP contribution in [-0.4, -0.2) is 22.7 Å². The summed E-state index contributed by atoms with van der Waals surface area (Å²) in [5, 5.41) is 22.6. The first kappa shape index (κ1) is 14.4. The quantitative estimate of drug-likeness (QED) is 0.791. The third-order valence-corrected chi connectivity index (χ3v) is 3.12. The normalized spacial score (nSPS) is 11.9. The second kappa shape index (κ2) is 6.41. The molecule has 0 fully saturated rings. The number of carboxylic acid groups (broad SMARTS) is 1. The number of halogens is 1. The molecule has 2 aromatic rings. The Kier molecular flexibility index (Phi) is 4.61. The van der Waals surface area contributed by atoms with Gasteiger partial charge in [-0.3, -0.25) is 0 Å². The highest BCUT2D eigenvalue weighted by atomic mass is 35.5. The van der Waals surface area contributed by atoms with Gasteiger partial charge in [-0.15, -0.1) is 0 Å². The fraction of sp³-hybridized carbons (Fsp3) is 0.133. The van der Waals surface area contributed by atoms with Crippen LogP contribution in [0.2, 0.25) is 5.02 Å². The average molecular weight is 292 g/mol. The number of aliphatic hydroxyl groups excluding tert-OH is 1. The molecule has 20 heavy (non-hydrogen) atoms. The molecule has 0 saturated carbocycles. The Morgan fingerprint density at radius 3 is 2.55 bits per heavy atom. The second-order valence-corrected chi connectivity index (χ2v) is 4.77. The molecule has 0 aliphatic carbocycles. The minimum Gasteiger partial charge on any atom is -0.478 e. The fourth-order valence-corrected chi connectivity index (χ4v) is 1.91. The summed E-state index contributed by atoms with van der Waals surface area (Å²) < 4.78 is 0. The Morgan fingerprint density at radius 2 is 1.90 bits per heavy atom. The fourth-order valence-electron chi connectivity index (χ4n) is 1.78. The van der Waals surface area contributed by atoms with E-state index in [0.717, 1.165) is 5.56 Å². The van der Waals surface area contributed by atoms with Crippen LogP contribution in [0.25, 0.3) is 0 Å². The maximum atomic E-state index is 10.9. The Morgan fingerprint density at radius 1 is 1.20 bits per heavy atom. The minimum absolute atomic E-state index is 0.205. The van der Waals surface area contributed by atoms with Crippen LogP contribution >= 0.6 is 11.6 Å². The van der Waals surface area contributed by atoms with Gasteiger partial charge >= 0.3 is 5.97 Å². The Hall–Kier alpha value is -2.04. The number of aliphatic hydroxyl groups is 1. The van der Waals surface area contributed by atoms with Gasteiger partial charge in [0.2, 0.25) is 0 Å². The molecule has 0 spiro atoms. The van der Waals surface area contributed by atoms with E-state index >= 15 is 0 Å². The van der Waals surface area contributed by atoms with Crippen LogP contribution in [0.3, 0.4) is 0 Å². The summed E-state index contributed by atoms with van der Waals surface area (Å²) in [4.78, 5) is 10.9. The van der Waals surface area contributed by atoms with Crippen LogP contribution in [0.5, 0.6) is 0 Å². The maximum absolute atomic E-state index is 10.9. The van der Waals surface area contributed by atoms with Crippen molar-refractivity contribution in [1.29, 1.82) is 0 Å². The smallest absolute Gasteiger partial charge is 0.335 e. The van der Waals surface area contributed by atoms with Gasteiger partial charge in [0.05, 0.1) is 11.7 Å². The summed E-state index contributed by atoms with van der Waals surface area (Å²) in [5.74, 6) is -0.980. The van der Waals surface area contributed by atoms with E-state index in [4.69, 9.17) is 16.7 Å². The van der Waals surface area contributed by atoms with Gasteiger partial charge < -0.3 is 15.5 Å². The van der Waals surface area contributed by atoms with Crippen LogP contribution in [0, 0.1) is 0 Å². The molecule has 0 heterocycles. The molecule has 0 amide bonds. The molecule has 0 aromatic heterocycles. The van der Waals surface area contributed by atoms with Crippen LogP contribution < -0.4 is 5.32 Å². The van der Waals surface area contributed by atoms with E-state index in [-0.39, 0.29) is 12.1 Å². The predicted octanol–water partition coefficient (Wildman–Crippen LogP) is 3.18. The van der Waals surface area contributed by atoms with E-state index in [1.54, 1.807) is 36.4 Å². The average Bonchev–Trinajstić information content (AvgIpc) is 2.46. The maximum Gasteiger partial charge on any atom is 0.335 e. The standard InChI is InChI=1S/C15H14ClNO3/c16-12-6-4-10(5-7-12)14(18)9-17-13-3-1-2-11(8-13)15(19)20/h1-8,14,17-18H,9H2,(H,19,20). The molecule has 0 bridgehead atoms. The van der Waals surface area contributed by atoms with Gasteiger partial charge in [0, 0.05) is 17.3 Å². The van der Waals surface area contributed by atoms with Crippen LogP contribution in [0.4, 0.5) is 5.69 Å². The monoisotopic (exact) mass is 291 g/mol. The zero-order valence-electron chi connectivity index (χ0n) is 10.6. The first-order chi connectivity index (χ1) is 9.56. The topological polar surface area (TPSA) is 69.6 Å². The molecule has 0 aliphatic heterocycles. The zero-order chi connectivity index (χ0) is 14.5. The molecule has 1 unspecified atom stereocenters. The molecule has 104 valence electrons. The first-order valence-corrected chi connectivity index (χ1v) is 6.45. The van der Waals surface area contributed by atoms with Crippen molar-refractivity contribution < 1.29 is 15.0 Å². The number of carboxylic acids is 1. The van der Waals surface area contributed by atoms with Crippen LogP contribution in [0.1, 0.15) is 22.0 Å². The highest BCUT2D eigenvalue weighted by molar-refractivity contribution is 6.30. The highest BCUT2D eigenvalue weighted by Crippen LogP contribution is 2.18. The van der Waals surface area contributed by atoms with E-state index in [1.165, 1.54) is 12.1 Å². The van der Waals surface area contributed by atoms with Crippen LogP contribution in [0.15, 0.2) is 48.5 Å². The zero-order valence-corrected chi connectivity index (χ0v) is 11.3. The van der Waals surface area contributed by atoms with E-state index in [9.17, 15) is 9.90 Å². The number of nitrogens with one attached hydrogen (secondary N) is 1. The Bertz CT molecular complexity index is 598. The van der Waals surface area contributed by atoms with E-state index in [0.29, 0.717) is 10.7 Å². The minimum atomic E-state index is -0.980. The number of benzene rings is 2. The van der Waals surface area contributed by atoms with Crippen molar-refractivity contribution in [1.82, 2.24) is 0 Å². The molecular formula is C15H14ClNO3. The van der Waals surface area contributed by atoms with Gasteiger partial charge in [0.15, 0.2) is 0 Å². The van der Waals surface area contributed by atoms with E-state index in [2.05, 4.69) is 5.32 Å². The van der Waals surface area contributed by atoms with E-state index in [1.807, 2.05) is 0 Å². The summed E-state index contributed by atoms with van der Waals surface area (Å²) in [6.45, 7) is 0.282. The van der Waals surface area contributed by atoms with Crippen molar-refractivity contribution in [2.45, 2.75) is 6.10 Å². The van der Waals surface area contributed by atoms with Gasteiger partial charge in [-0.2, -0.15) is 0 Å². The Labute approximate surface area is 121 Å². The van der Waals surface area contributed by atoms with Crippen molar-refractivity contribution in [2.24, 2.45) is 0 Å². The molecule has 0 aliphatic rings. The molecule has 1 atom stereocenters. The largest absolute Gasteiger partial charge is 0.478 e. The third kappa shape index (κ3) is 3.73. The molecule has 0 saturated heterocycles. The lowest BCUT2D eigenvalue weighted by atomic mass is 10.1. The molecular weight excluding hydrogens is 278 g/mol. The van der Waals surface area contributed by atoms with Crippen molar-refractivity contribution >= 4 is 23.3 Å². The summed E-state index contributed by atoms with van der Waals surface area (Å²) in [6.07, 6.45) is -0.694. The van der Waals surface area contributed by atoms with Crippen molar-refractivity contribution in [3.8, 4) is 0 Å². The van der Waals surface area contributed by atoms with Gasteiger partial charge in [-0.25, -0.2) is 4.79 Å². The number of hydrogen-bond acceptors (Lipinski definition) is 3. The number of anilines is 1. The van der Waals surface area contributed by atoms with Crippen LogP contribution in [-0.2, 0) is 0 Å². The van der Waals surface area contributed by atoms with Gasteiger partial charge in [-0.05, 0) is 35.9 Å². The first-order valence-electron chi connectivity index (χ1n) is 6.07. The number of rotatable bonds is 5. The summed E-state index contributed by atoms with van der Waals surface area (Å²) in [5.41, 5.74) is 1.60. The van der Waals surface area contributed by atoms with Gasteiger partial charge in [0.25, 0.3) is 0 Å². The molecule has 2 aromatic carbocycles.